The SMILES string of the molecule is CC(C)(C)Oc1ccc([C@H](CO)N2CCNCC2)cc1.Cl. The van der Waals surface area contributed by atoms with Crippen molar-refractivity contribution in [3.05, 3.63) is 29.8 Å². The van der Waals surface area contributed by atoms with Crippen LogP contribution in [0.2, 0.25) is 0 Å². The Morgan fingerprint density at radius 2 is 1.76 bits per heavy atom. The maximum atomic E-state index is 9.69. The summed E-state index contributed by atoms with van der Waals surface area (Å²) in [6, 6.07) is 8.19. The van der Waals surface area contributed by atoms with Gasteiger partial charge in [0, 0.05) is 26.2 Å². The van der Waals surface area contributed by atoms with E-state index in [1.165, 1.54) is 0 Å². The van der Waals surface area contributed by atoms with Crippen molar-refractivity contribution in [2.24, 2.45) is 0 Å². The fourth-order valence-electron chi connectivity index (χ4n) is 2.54. The van der Waals surface area contributed by atoms with E-state index in [9.17, 15) is 5.11 Å². The molecular formula is C16H27ClN2O2. The fourth-order valence-corrected chi connectivity index (χ4v) is 2.54. The Morgan fingerprint density at radius 3 is 2.24 bits per heavy atom. The van der Waals surface area contributed by atoms with Gasteiger partial charge in [0.15, 0.2) is 0 Å². The number of hydrogen-bond acceptors (Lipinski definition) is 4. The molecular weight excluding hydrogens is 288 g/mol. The van der Waals surface area contributed by atoms with E-state index in [4.69, 9.17) is 4.74 Å². The van der Waals surface area contributed by atoms with E-state index in [2.05, 4.69) is 22.3 Å². The average Bonchev–Trinajstić information content (AvgIpc) is 2.41. The normalized spacial score (nSPS) is 17.9. The lowest BCUT2D eigenvalue weighted by Crippen LogP contribution is -2.46. The van der Waals surface area contributed by atoms with E-state index < -0.39 is 0 Å². The summed E-state index contributed by atoms with van der Waals surface area (Å²) < 4.78 is 5.83. The Morgan fingerprint density at radius 1 is 1.19 bits per heavy atom. The van der Waals surface area contributed by atoms with Crippen molar-refractivity contribution in [2.75, 3.05) is 32.8 Å². The van der Waals surface area contributed by atoms with E-state index >= 15 is 0 Å². The fraction of sp³-hybridized carbons (Fsp3) is 0.625. The second kappa shape index (κ2) is 7.99. The molecule has 0 amide bonds. The van der Waals surface area contributed by atoms with Crippen molar-refractivity contribution in [1.29, 1.82) is 0 Å². The first-order chi connectivity index (χ1) is 9.49. The van der Waals surface area contributed by atoms with Gasteiger partial charge in [0.25, 0.3) is 0 Å². The highest BCUT2D eigenvalue weighted by atomic mass is 35.5. The molecule has 0 spiro atoms. The van der Waals surface area contributed by atoms with Gasteiger partial charge >= 0.3 is 0 Å². The number of halogens is 1. The van der Waals surface area contributed by atoms with E-state index in [1.807, 2.05) is 32.9 Å². The minimum Gasteiger partial charge on any atom is -0.488 e. The van der Waals surface area contributed by atoms with Crippen molar-refractivity contribution in [1.82, 2.24) is 10.2 Å². The highest BCUT2D eigenvalue weighted by Crippen LogP contribution is 2.24. The smallest absolute Gasteiger partial charge is 0.120 e. The molecule has 120 valence electrons. The Hall–Kier alpha value is -0.810. The van der Waals surface area contributed by atoms with Gasteiger partial charge in [-0.25, -0.2) is 0 Å². The first-order valence-corrected chi connectivity index (χ1v) is 7.34. The highest BCUT2D eigenvalue weighted by Gasteiger charge is 2.21. The zero-order valence-corrected chi connectivity index (χ0v) is 13.9. The molecule has 1 atom stereocenters. The number of rotatable bonds is 4. The molecule has 4 nitrogen and oxygen atoms in total. The number of benzene rings is 1. The summed E-state index contributed by atoms with van der Waals surface area (Å²) in [5, 5.41) is 13.0. The van der Waals surface area contributed by atoms with Crippen molar-refractivity contribution in [3.8, 4) is 5.75 Å². The molecule has 1 fully saturated rings. The molecule has 5 heteroatoms. The number of aliphatic hydroxyl groups is 1. The summed E-state index contributed by atoms with van der Waals surface area (Å²) in [5.41, 5.74) is 0.965. The van der Waals surface area contributed by atoms with Gasteiger partial charge < -0.3 is 15.2 Å². The first-order valence-electron chi connectivity index (χ1n) is 7.34. The van der Waals surface area contributed by atoms with Gasteiger partial charge in [-0.05, 0) is 38.5 Å². The molecule has 0 aliphatic carbocycles. The number of piperazine rings is 1. The van der Waals surface area contributed by atoms with Crippen LogP contribution in [0, 0.1) is 0 Å². The van der Waals surface area contributed by atoms with Crippen LogP contribution in [0.3, 0.4) is 0 Å². The number of hydrogen-bond donors (Lipinski definition) is 2. The van der Waals surface area contributed by atoms with Crippen LogP contribution in [0.5, 0.6) is 5.75 Å². The maximum absolute atomic E-state index is 9.69. The topological polar surface area (TPSA) is 44.7 Å². The molecule has 1 aromatic carbocycles. The first kappa shape index (κ1) is 18.2. The summed E-state index contributed by atoms with van der Waals surface area (Å²) in [4.78, 5) is 2.33. The third-order valence-electron chi connectivity index (χ3n) is 3.45. The molecule has 1 aromatic rings. The van der Waals surface area contributed by atoms with E-state index in [0.29, 0.717) is 0 Å². The van der Waals surface area contributed by atoms with Gasteiger partial charge in [-0.15, -0.1) is 12.4 Å². The summed E-state index contributed by atoms with van der Waals surface area (Å²) in [5.74, 6) is 0.873. The summed E-state index contributed by atoms with van der Waals surface area (Å²) in [6.45, 7) is 10.2. The molecule has 1 saturated heterocycles. The van der Waals surface area contributed by atoms with Crippen LogP contribution in [0.15, 0.2) is 24.3 Å². The average molecular weight is 315 g/mol. The van der Waals surface area contributed by atoms with Gasteiger partial charge in [-0.3, -0.25) is 4.90 Å². The van der Waals surface area contributed by atoms with Crippen molar-refractivity contribution >= 4 is 12.4 Å². The van der Waals surface area contributed by atoms with Gasteiger partial charge in [0.1, 0.15) is 11.4 Å². The monoisotopic (exact) mass is 314 g/mol. The lowest BCUT2D eigenvalue weighted by Gasteiger charge is -2.34. The Labute approximate surface area is 133 Å². The van der Waals surface area contributed by atoms with Crippen molar-refractivity contribution in [3.63, 3.8) is 0 Å². The lowest BCUT2D eigenvalue weighted by molar-refractivity contribution is 0.110. The Kier molecular flexibility index (Phi) is 6.94. The van der Waals surface area contributed by atoms with Crippen LogP contribution in [0.4, 0.5) is 0 Å². The molecule has 0 aromatic heterocycles. The van der Waals surface area contributed by atoms with Gasteiger partial charge in [0.2, 0.25) is 0 Å². The lowest BCUT2D eigenvalue weighted by atomic mass is 10.0. The quantitative estimate of drug-likeness (QED) is 0.894. The molecule has 2 N–H and O–H groups in total. The van der Waals surface area contributed by atoms with Crippen LogP contribution in [0.1, 0.15) is 32.4 Å². The van der Waals surface area contributed by atoms with Crippen LogP contribution >= 0.6 is 12.4 Å². The largest absolute Gasteiger partial charge is 0.488 e. The van der Waals surface area contributed by atoms with Gasteiger partial charge in [-0.1, -0.05) is 12.1 Å². The minimum absolute atomic E-state index is 0. The van der Waals surface area contributed by atoms with Gasteiger partial charge in [-0.2, -0.15) is 0 Å². The molecule has 0 saturated carbocycles. The van der Waals surface area contributed by atoms with E-state index in [1.54, 1.807) is 0 Å². The van der Waals surface area contributed by atoms with Crippen LogP contribution in [0.25, 0.3) is 0 Å². The Balaban J connectivity index is 0.00000220. The molecule has 0 radical (unpaired) electrons. The molecule has 21 heavy (non-hydrogen) atoms. The van der Waals surface area contributed by atoms with Crippen LogP contribution in [-0.2, 0) is 0 Å². The van der Waals surface area contributed by atoms with E-state index in [-0.39, 0.29) is 30.7 Å². The van der Waals surface area contributed by atoms with Crippen LogP contribution < -0.4 is 10.1 Å². The zero-order chi connectivity index (χ0) is 14.6. The van der Waals surface area contributed by atoms with Crippen LogP contribution in [-0.4, -0.2) is 48.4 Å². The van der Waals surface area contributed by atoms with E-state index in [0.717, 1.165) is 37.5 Å². The second-order valence-corrected chi connectivity index (χ2v) is 6.27. The molecule has 0 unspecified atom stereocenters. The predicted molar refractivity (Wildman–Crippen MR) is 88.3 cm³/mol. The maximum Gasteiger partial charge on any atom is 0.120 e. The third kappa shape index (κ3) is 5.47. The summed E-state index contributed by atoms with van der Waals surface area (Å²) >= 11 is 0. The summed E-state index contributed by atoms with van der Waals surface area (Å²) in [7, 11) is 0. The third-order valence-corrected chi connectivity index (χ3v) is 3.45. The molecule has 1 heterocycles. The van der Waals surface area contributed by atoms with Gasteiger partial charge in [0.05, 0.1) is 12.6 Å². The zero-order valence-electron chi connectivity index (χ0n) is 13.1. The summed E-state index contributed by atoms with van der Waals surface area (Å²) in [6.07, 6.45) is 0. The predicted octanol–water partition coefficient (Wildman–Crippen LogP) is 2.22. The highest BCUT2D eigenvalue weighted by molar-refractivity contribution is 5.85. The molecule has 2 rings (SSSR count). The number of nitrogens with one attached hydrogen (secondary N) is 1. The number of nitrogens with zero attached hydrogens (tertiary/aromatic N) is 1. The standard InChI is InChI=1S/C16H26N2O2.ClH/c1-16(2,3)20-14-6-4-13(5-7-14)15(12-19)18-10-8-17-9-11-18;/h4-7,15,17,19H,8-12H2,1-3H3;1H/t15-;/m0./s1. The number of ether oxygens (including phenoxy) is 1. The second-order valence-electron chi connectivity index (χ2n) is 6.27. The van der Waals surface area contributed by atoms with Crippen molar-refractivity contribution < 1.29 is 9.84 Å². The molecule has 1 aliphatic rings. The molecule has 1 aliphatic heterocycles. The minimum atomic E-state index is -0.184. The van der Waals surface area contributed by atoms with Crippen molar-refractivity contribution in [2.45, 2.75) is 32.4 Å². The molecule has 0 bridgehead atoms. The number of aliphatic hydroxyl groups excluding tert-OH is 1. The Bertz CT molecular complexity index is 411.